The van der Waals surface area contributed by atoms with Gasteiger partial charge in [0.15, 0.2) is 0 Å². The first-order chi connectivity index (χ1) is 9.34. The molecule has 3 rings (SSSR count). The summed E-state index contributed by atoms with van der Waals surface area (Å²) in [6, 6.07) is 6.25. The Kier molecular flexibility index (Phi) is 3.11. The van der Waals surface area contributed by atoms with E-state index in [1.165, 1.54) is 16.4 Å². The number of halogens is 2. The van der Waals surface area contributed by atoms with E-state index in [0.717, 1.165) is 5.56 Å². The van der Waals surface area contributed by atoms with Gasteiger partial charge in [0.05, 0.1) is 4.90 Å². The standard InChI is InChI=1S/C13H16F2N2O2S/c14-13(15)5-10-7-17(8-12(10)13)20(18,19)11-3-1-9(6-16)2-4-11/h1-4,10,12H,5-8,16H2. The molecule has 2 atom stereocenters. The third-order valence-corrected chi connectivity index (χ3v) is 6.13. The van der Waals surface area contributed by atoms with E-state index in [-0.39, 0.29) is 30.3 Å². The number of alkyl halides is 2. The number of hydrogen-bond donors (Lipinski definition) is 1. The number of rotatable bonds is 3. The predicted molar refractivity (Wildman–Crippen MR) is 69.6 cm³/mol. The van der Waals surface area contributed by atoms with Crippen molar-refractivity contribution in [2.75, 3.05) is 13.1 Å². The second-order valence-electron chi connectivity index (χ2n) is 5.50. The maximum Gasteiger partial charge on any atom is 0.252 e. The zero-order valence-electron chi connectivity index (χ0n) is 10.8. The molecule has 0 amide bonds. The molecule has 1 saturated heterocycles. The van der Waals surface area contributed by atoms with Gasteiger partial charge in [0.25, 0.3) is 5.92 Å². The van der Waals surface area contributed by atoms with E-state index in [4.69, 9.17) is 5.73 Å². The average molecular weight is 302 g/mol. The average Bonchev–Trinajstić information content (AvgIpc) is 2.79. The number of nitrogens with two attached hydrogens (primary N) is 1. The van der Waals surface area contributed by atoms with E-state index in [0.29, 0.717) is 6.54 Å². The van der Waals surface area contributed by atoms with Crippen molar-refractivity contribution in [2.24, 2.45) is 17.6 Å². The van der Waals surface area contributed by atoms with Gasteiger partial charge in [0, 0.05) is 32.0 Å². The molecule has 1 heterocycles. The molecule has 2 aliphatic rings. The molecule has 0 radical (unpaired) electrons. The maximum atomic E-state index is 13.3. The van der Waals surface area contributed by atoms with Crippen LogP contribution in [0.15, 0.2) is 29.2 Å². The summed E-state index contributed by atoms with van der Waals surface area (Å²) in [6.45, 7) is 0.445. The first-order valence-electron chi connectivity index (χ1n) is 6.51. The maximum absolute atomic E-state index is 13.3. The Bertz CT molecular complexity index is 616. The fourth-order valence-electron chi connectivity index (χ4n) is 3.00. The van der Waals surface area contributed by atoms with E-state index in [2.05, 4.69) is 0 Å². The van der Waals surface area contributed by atoms with Crippen molar-refractivity contribution in [1.82, 2.24) is 4.31 Å². The van der Waals surface area contributed by atoms with Gasteiger partial charge < -0.3 is 5.73 Å². The van der Waals surface area contributed by atoms with Gasteiger partial charge in [-0.2, -0.15) is 4.31 Å². The summed E-state index contributed by atoms with van der Waals surface area (Å²) in [6.07, 6.45) is -0.199. The second-order valence-corrected chi connectivity index (χ2v) is 7.44. The summed E-state index contributed by atoms with van der Waals surface area (Å²) in [4.78, 5) is 0.138. The van der Waals surface area contributed by atoms with Gasteiger partial charge in [-0.15, -0.1) is 0 Å². The van der Waals surface area contributed by atoms with E-state index >= 15 is 0 Å². The van der Waals surface area contributed by atoms with Crippen molar-refractivity contribution in [2.45, 2.75) is 23.8 Å². The van der Waals surface area contributed by atoms with Crippen LogP contribution in [0.2, 0.25) is 0 Å². The van der Waals surface area contributed by atoms with Gasteiger partial charge >= 0.3 is 0 Å². The Morgan fingerprint density at radius 1 is 1.25 bits per heavy atom. The molecule has 2 unspecified atom stereocenters. The van der Waals surface area contributed by atoms with E-state index < -0.39 is 21.9 Å². The molecule has 1 saturated carbocycles. The van der Waals surface area contributed by atoms with Crippen LogP contribution in [0.5, 0.6) is 0 Å². The van der Waals surface area contributed by atoms with Crippen molar-refractivity contribution < 1.29 is 17.2 Å². The van der Waals surface area contributed by atoms with Crippen LogP contribution in [0.1, 0.15) is 12.0 Å². The van der Waals surface area contributed by atoms with Crippen LogP contribution in [0.25, 0.3) is 0 Å². The Balaban J connectivity index is 1.82. The summed E-state index contributed by atoms with van der Waals surface area (Å²) in [5.74, 6) is -3.73. The van der Waals surface area contributed by atoms with Crippen molar-refractivity contribution in [1.29, 1.82) is 0 Å². The number of benzene rings is 1. The summed E-state index contributed by atoms with van der Waals surface area (Å²) < 4.78 is 52.7. The first-order valence-corrected chi connectivity index (χ1v) is 7.95. The predicted octanol–water partition coefficient (Wildman–Crippen LogP) is 1.42. The third kappa shape index (κ3) is 2.04. The van der Waals surface area contributed by atoms with Gasteiger partial charge in [-0.25, -0.2) is 17.2 Å². The monoisotopic (exact) mass is 302 g/mol. The Morgan fingerprint density at radius 3 is 2.40 bits per heavy atom. The number of fused-ring (bicyclic) bond motifs is 1. The minimum absolute atomic E-state index is 0.0847. The fourth-order valence-corrected chi connectivity index (χ4v) is 4.52. The molecule has 1 aromatic carbocycles. The highest BCUT2D eigenvalue weighted by Crippen LogP contribution is 2.52. The molecule has 2 fully saturated rings. The molecular weight excluding hydrogens is 286 g/mol. The van der Waals surface area contributed by atoms with Crippen LogP contribution in [-0.4, -0.2) is 31.7 Å². The second kappa shape index (κ2) is 4.47. The molecule has 4 nitrogen and oxygen atoms in total. The lowest BCUT2D eigenvalue weighted by Gasteiger charge is -2.38. The molecule has 1 aliphatic heterocycles. The lowest BCUT2D eigenvalue weighted by molar-refractivity contribution is -0.152. The van der Waals surface area contributed by atoms with E-state index in [1.807, 2.05) is 0 Å². The van der Waals surface area contributed by atoms with Crippen LogP contribution >= 0.6 is 0 Å². The zero-order valence-corrected chi connectivity index (χ0v) is 11.6. The molecule has 1 aromatic rings. The quantitative estimate of drug-likeness (QED) is 0.918. The van der Waals surface area contributed by atoms with Crippen molar-refractivity contribution in [3.8, 4) is 0 Å². The lowest BCUT2D eigenvalue weighted by atomic mass is 9.72. The van der Waals surface area contributed by atoms with Crippen LogP contribution in [0, 0.1) is 11.8 Å². The van der Waals surface area contributed by atoms with Crippen LogP contribution in [-0.2, 0) is 16.6 Å². The number of hydrogen-bond acceptors (Lipinski definition) is 3. The van der Waals surface area contributed by atoms with Gasteiger partial charge in [-0.1, -0.05) is 12.1 Å². The minimum Gasteiger partial charge on any atom is -0.326 e. The van der Waals surface area contributed by atoms with Crippen LogP contribution in [0.4, 0.5) is 8.78 Å². The number of sulfonamides is 1. The van der Waals surface area contributed by atoms with Gasteiger partial charge in [-0.05, 0) is 23.6 Å². The summed E-state index contributed by atoms with van der Waals surface area (Å²) >= 11 is 0. The molecule has 20 heavy (non-hydrogen) atoms. The largest absolute Gasteiger partial charge is 0.326 e. The van der Waals surface area contributed by atoms with E-state index in [9.17, 15) is 17.2 Å². The lowest BCUT2D eigenvalue weighted by Crippen LogP contribution is -2.46. The first kappa shape index (κ1) is 13.9. The van der Waals surface area contributed by atoms with Crippen LogP contribution in [0.3, 0.4) is 0 Å². The molecular formula is C13H16F2N2O2S. The Hall–Kier alpha value is -1.05. The summed E-state index contributed by atoms with van der Waals surface area (Å²) in [5, 5.41) is 0. The van der Waals surface area contributed by atoms with Crippen molar-refractivity contribution >= 4 is 10.0 Å². The highest BCUT2D eigenvalue weighted by Gasteiger charge is 2.61. The molecule has 0 aromatic heterocycles. The molecule has 1 aliphatic carbocycles. The zero-order chi connectivity index (χ0) is 14.5. The fraction of sp³-hybridized carbons (Fsp3) is 0.538. The van der Waals surface area contributed by atoms with E-state index in [1.54, 1.807) is 12.1 Å². The highest BCUT2D eigenvalue weighted by molar-refractivity contribution is 7.89. The molecule has 0 spiro atoms. The summed E-state index contributed by atoms with van der Waals surface area (Å²) in [7, 11) is -3.68. The van der Waals surface area contributed by atoms with Crippen molar-refractivity contribution in [3.05, 3.63) is 29.8 Å². The summed E-state index contributed by atoms with van der Waals surface area (Å²) in [5.41, 5.74) is 6.29. The Labute approximate surface area is 116 Å². The smallest absolute Gasteiger partial charge is 0.252 e. The molecule has 110 valence electrons. The van der Waals surface area contributed by atoms with Gasteiger partial charge in [0.2, 0.25) is 10.0 Å². The molecule has 0 bridgehead atoms. The SMILES string of the molecule is NCc1ccc(S(=O)(=O)N2CC3CC(F)(F)C3C2)cc1. The number of nitrogens with zero attached hydrogens (tertiary/aromatic N) is 1. The third-order valence-electron chi connectivity index (χ3n) is 4.28. The van der Waals surface area contributed by atoms with Gasteiger partial charge in [0.1, 0.15) is 0 Å². The van der Waals surface area contributed by atoms with Crippen molar-refractivity contribution in [3.63, 3.8) is 0 Å². The molecule has 2 N–H and O–H groups in total. The highest BCUT2D eigenvalue weighted by atomic mass is 32.2. The van der Waals surface area contributed by atoms with Gasteiger partial charge in [-0.3, -0.25) is 0 Å². The minimum atomic E-state index is -3.68. The normalized spacial score (nSPS) is 28.9. The topological polar surface area (TPSA) is 63.4 Å². The van der Waals surface area contributed by atoms with Crippen LogP contribution < -0.4 is 5.73 Å². The molecule has 7 heteroatoms. The Morgan fingerprint density at radius 2 is 1.90 bits per heavy atom.